The minimum Gasteiger partial charge on any atom is -0.470 e. The van der Waals surface area contributed by atoms with Crippen molar-refractivity contribution in [1.29, 1.82) is 0 Å². The monoisotopic (exact) mass is 482 g/mol. The number of fused-ring (bicyclic) bond motifs is 1. The molecule has 0 aliphatic heterocycles. The molecule has 0 saturated heterocycles. The Morgan fingerprint density at radius 2 is 2.06 bits per heavy atom. The molecule has 33 heavy (non-hydrogen) atoms. The van der Waals surface area contributed by atoms with Crippen molar-refractivity contribution >= 4 is 40.0 Å². The first-order valence-electron chi connectivity index (χ1n) is 10.6. The number of rotatable bonds is 7. The molecule has 0 atom stereocenters. The van der Waals surface area contributed by atoms with Gasteiger partial charge in [0.05, 0.1) is 23.7 Å². The molecular formula is C23H23ClN6O2S. The van der Waals surface area contributed by atoms with Crippen LogP contribution in [0.3, 0.4) is 0 Å². The highest BCUT2D eigenvalue weighted by Gasteiger charge is 2.41. The zero-order valence-corrected chi connectivity index (χ0v) is 20.1. The van der Waals surface area contributed by atoms with E-state index >= 15 is 0 Å². The maximum Gasteiger partial charge on any atom is 0.245 e. The lowest BCUT2D eigenvalue weighted by Gasteiger charge is -2.11. The number of benzene rings is 1. The number of aryl methyl sites for hydroxylation is 2. The summed E-state index contributed by atoms with van der Waals surface area (Å²) in [6.07, 6.45) is 3.59. The number of aromatic nitrogens is 5. The molecule has 1 aliphatic carbocycles. The van der Waals surface area contributed by atoms with Crippen molar-refractivity contribution in [3.63, 3.8) is 0 Å². The molecule has 1 fully saturated rings. The third kappa shape index (κ3) is 4.30. The highest BCUT2D eigenvalue weighted by molar-refractivity contribution is 7.11. The van der Waals surface area contributed by atoms with E-state index in [4.69, 9.17) is 32.0 Å². The summed E-state index contributed by atoms with van der Waals surface area (Å²) in [5, 5.41) is 1.42. The molecule has 0 radical (unpaired) electrons. The Labute approximate surface area is 199 Å². The SMILES string of the molecule is Cc1nc(Cn2c(-c3ccc(CC(N)=O)cc3Cl)nc3c(OC4(C)CC4)ncnc32)sc1C. The molecule has 4 aromatic rings. The number of carbonyl (C=O) groups is 1. The number of imidazole rings is 1. The fourth-order valence-corrected chi connectivity index (χ4v) is 4.86. The van der Waals surface area contributed by atoms with Crippen molar-refractivity contribution in [2.45, 2.75) is 52.2 Å². The van der Waals surface area contributed by atoms with E-state index < -0.39 is 5.91 Å². The van der Waals surface area contributed by atoms with E-state index in [1.807, 2.05) is 23.6 Å². The molecule has 0 spiro atoms. The van der Waals surface area contributed by atoms with E-state index in [0.717, 1.165) is 34.7 Å². The highest BCUT2D eigenvalue weighted by atomic mass is 35.5. The first kappa shape index (κ1) is 21.8. The van der Waals surface area contributed by atoms with Crippen LogP contribution in [0.5, 0.6) is 5.88 Å². The molecule has 10 heteroatoms. The lowest BCUT2D eigenvalue weighted by molar-refractivity contribution is -0.117. The predicted octanol–water partition coefficient (Wildman–Crippen LogP) is 4.23. The van der Waals surface area contributed by atoms with Crippen molar-refractivity contribution in [3.05, 3.63) is 50.7 Å². The van der Waals surface area contributed by atoms with Crippen LogP contribution in [-0.2, 0) is 17.8 Å². The Morgan fingerprint density at radius 3 is 2.70 bits per heavy atom. The van der Waals surface area contributed by atoms with Crippen molar-refractivity contribution in [3.8, 4) is 17.3 Å². The minimum absolute atomic E-state index is 0.121. The maximum absolute atomic E-state index is 11.3. The minimum atomic E-state index is -0.411. The average molecular weight is 483 g/mol. The second-order valence-corrected chi connectivity index (χ2v) is 10.3. The zero-order chi connectivity index (χ0) is 23.3. The Bertz CT molecular complexity index is 1370. The number of amides is 1. The number of hydrogen-bond donors (Lipinski definition) is 1. The highest BCUT2D eigenvalue weighted by Crippen LogP contribution is 2.41. The van der Waals surface area contributed by atoms with Crippen LogP contribution in [0.1, 0.15) is 40.9 Å². The maximum atomic E-state index is 11.3. The fourth-order valence-electron chi connectivity index (χ4n) is 3.65. The molecule has 0 bridgehead atoms. The van der Waals surface area contributed by atoms with Gasteiger partial charge in [0.1, 0.15) is 22.8 Å². The van der Waals surface area contributed by atoms with Gasteiger partial charge in [-0.25, -0.2) is 15.0 Å². The molecule has 0 unspecified atom stereocenters. The van der Waals surface area contributed by atoms with E-state index in [-0.39, 0.29) is 12.0 Å². The van der Waals surface area contributed by atoms with Gasteiger partial charge in [0, 0.05) is 10.4 Å². The fraction of sp³-hybridized carbons (Fsp3) is 0.348. The van der Waals surface area contributed by atoms with Gasteiger partial charge in [-0.3, -0.25) is 4.79 Å². The number of nitrogens with two attached hydrogens (primary N) is 1. The third-order valence-electron chi connectivity index (χ3n) is 5.81. The van der Waals surface area contributed by atoms with E-state index in [2.05, 4.69) is 23.8 Å². The lowest BCUT2D eigenvalue weighted by atomic mass is 10.1. The molecular weight excluding hydrogens is 460 g/mol. The molecule has 3 aromatic heterocycles. The third-order valence-corrected chi connectivity index (χ3v) is 7.18. The Hall–Kier alpha value is -3.04. The van der Waals surface area contributed by atoms with Gasteiger partial charge in [0.25, 0.3) is 0 Å². The van der Waals surface area contributed by atoms with Crippen molar-refractivity contribution < 1.29 is 9.53 Å². The first-order chi connectivity index (χ1) is 15.7. The number of hydrogen-bond acceptors (Lipinski definition) is 7. The van der Waals surface area contributed by atoms with Crippen molar-refractivity contribution in [2.24, 2.45) is 5.73 Å². The Balaban J connectivity index is 1.66. The first-order valence-corrected chi connectivity index (χ1v) is 11.8. The standard InChI is InChI=1S/C23H23ClN6O2S/c1-12-13(2)33-18(28-12)10-30-20(15-5-4-14(8-16(15)24)9-17(25)31)29-19-21(30)26-11-27-22(19)32-23(3)6-7-23/h4-5,8,11H,6-7,9-10H2,1-3H3,(H2,25,31). The Kier molecular flexibility index (Phi) is 5.33. The van der Waals surface area contributed by atoms with E-state index in [0.29, 0.717) is 34.4 Å². The van der Waals surface area contributed by atoms with E-state index in [1.54, 1.807) is 17.4 Å². The topological polar surface area (TPSA) is 109 Å². The van der Waals surface area contributed by atoms with Gasteiger partial charge in [0.15, 0.2) is 11.2 Å². The van der Waals surface area contributed by atoms with Crippen LogP contribution in [0.4, 0.5) is 0 Å². The van der Waals surface area contributed by atoms with Gasteiger partial charge in [-0.15, -0.1) is 11.3 Å². The molecule has 2 N–H and O–H groups in total. The van der Waals surface area contributed by atoms with Gasteiger partial charge in [0.2, 0.25) is 11.8 Å². The number of nitrogens with zero attached hydrogens (tertiary/aromatic N) is 5. The lowest BCUT2D eigenvalue weighted by Crippen LogP contribution is -2.13. The van der Waals surface area contributed by atoms with Crippen molar-refractivity contribution in [1.82, 2.24) is 24.5 Å². The number of carbonyl (C=O) groups excluding carboxylic acids is 1. The normalized spacial score (nSPS) is 14.5. The molecule has 170 valence electrons. The second-order valence-electron chi connectivity index (χ2n) is 8.63. The van der Waals surface area contributed by atoms with E-state index in [1.165, 1.54) is 11.2 Å². The number of primary amides is 1. The summed E-state index contributed by atoms with van der Waals surface area (Å²) >= 11 is 8.29. The number of thiazole rings is 1. The second kappa shape index (κ2) is 8.07. The largest absolute Gasteiger partial charge is 0.470 e. The van der Waals surface area contributed by atoms with Gasteiger partial charge in [-0.2, -0.15) is 4.98 Å². The summed E-state index contributed by atoms with van der Waals surface area (Å²) < 4.78 is 8.16. The van der Waals surface area contributed by atoms with Gasteiger partial charge >= 0.3 is 0 Å². The van der Waals surface area contributed by atoms with Crippen LogP contribution in [0.15, 0.2) is 24.5 Å². The van der Waals surface area contributed by atoms with Crippen LogP contribution < -0.4 is 10.5 Å². The van der Waals surface area contributed by atoms with Crippen LogP contribution in [0.25, 0.3) is 22.6 Å². The van der Waals surface area contributed by atoms with E-state index in [9.17, 15) is 4.79 Å². The predicted molar refractivity (Wildman–Crippen MR) is 128 cm³/mol. The zero-order valence-electron chi connectivity index (χ0n) is 18.6. The summed E-state index contributed by atoms with van der Waals surface area (Å²) in [7, 11) is 0. The smallest absolute Gasteiger partial charge is 0.245 e. The Morgan fingerprint density at radius 1 is 1.27 bits per heavy atom. The summed E-state index contributed by atoms with van der Waals surface area (Å²) in [5.41, 5.74) is 8.85. The summed E-state index contributed by atoms with van der Waals surface area (Å²) in [6, 6.07) is 5.44. The molecule has 1 saturated carbocycles. The number of halogens is 1. The molecule has 1 aliphatic rings. The quantitative estimate of drug-likeness (QED) is 0.422. The van der Waals surface area contributed by atoms with Gasteiger partial charge in [-0.05, 0) is 51.3 Å². The van der Waals surface area contributed by atoms with Crippen LogP contribution in [-0.4, -0.2) is 36.0 Å². The summed E-state index contributed by atoms with van der Waals surface area (Å²) in [5.74, 6) is 0.691. The molecule has 3 heterocycles. The van der Waals surface area contributed by atoms with Crippen LogP contribution in [0, 0.1) is 13.8 Å². The van der Waals surface area contributed by atoms with Gasteiger partial charge in [-0.1, -0.05) is 17.7 Å². The summed E-state index contributed by atoms with van der Waals surface area (Å²) in [4.78, 5) is 31.0. The average Bonchev–Trinajstić information content (AvgIpc) is 3.22. The van der Waals surface area contributed by atoms with Crippen molar-refractivity contribution in [2.75, 3.05) is 0 Å². The summed E-state index contributed by atoms with van der Waals surface area (Å²) in [6.45, 7) is 6.61. The molecule has 5 rings (SSSR count). The molecule has 1 aromatic carbocycles. The number of ether oxygens (including phenoxy) is 1. The molecule has 1 amide bonds. The van der Waals surface area contributed by atoms with Gasteiger partial charge < -0.3 is 15.0 Å². The van der Waals surface area contributed by atoms with Crippen LogP contribution in [0.2, 0.25) is 5.02 Å². The van der Waals surface area contributed by atoms with Crippen LogP contribution >= 0.6 is 22.9 Å². The molecule has 8 nitrogen and oxygen atoms in total.